The molecular formula is C25H38N2O5. The SMILES string of the molecule is CCOCCCC(CC(=O)O)N1CCc2cc(OCCCC3CCNCC3)ccc2C1=O. The summed E-state index contributed by atoms with van der Waals surface area (Å²) in [6.07, 6.45) is 6.82. The van der Waals surface area contributed by atoms with Gasteiger partial charge in [-0.05, 0) is 94.6 Å². The second-order valence-corrected chi connectivity index (χ2v) is 8.84. The molecule has 1 saturated heterocycles. The van der Waals surface area contributed by atoms with Crippen molar-refractivity contribution in [2.24, 2.45) is 5.92 Å². The van der Waals surface area contributed by atoms with Crippen LogP contribution in [0.1, 0.15) is 67.8 Å². The van der Waals surface area contributed by atoms with Crippen LogP contribution < -0.4 is 10.1 Å². The Kier molecular flexibility index (Phi) is 9.81. The van der Waals surface area contributed by atoms with E-state index < -0.39 is 5.97 Å². The topological polar surface area (TPSA) is 88.1 Å². The monoisotopic (exact) mass is 446 g/mol. The maximum atomic E-state index is 13.1. The van der Waals surface area contributed by atoms with Crippen molar-refractivity contribution in [2.75, 3.05) is 39.5 Å². The van der Waals surface area contributed by atoms with Crippen molar-refractivity contribution in [3.63, 3.8) is 0 Å². The zero-order chi connectivity index (χ0) is 22.8. The summed E-state index contributed by atoms with van der Waals surface area (Å²) in [4.78, 5) is 26.2. The molecule has 0 bridgehead atoms. The summed E-state index contributed by atoms with van der Waals surface area (Å²) in [6.45, 7) is 6.65. The molecule has 0 spiro atoms. The van der Waals surface area contributed by atoms with E-state index in [0.717, 1.165) is 49.6 Å². The second-order valence-electron chi connectivity index (χ2n) is 8.84. The van der Waals surface area contributed by atoms with Gasteiger partial charge in [-0.2, -0.15) is 0 Å². The van der Waals surface area contributed by atoms with Gasteiger partial charge < -0.3 is 24.8 Å². The first-order valence-electron chi connectivity index (χ1n) is 12.2. The summed E-state index contributed by atoms with van der Waals surface area (Å²) < 4.78 is 11.3. The van der Waals surface area contributed by atoms with Crippen molar-refractivity contribution < 1.29 is 24.2 Å². The summed E-state index contributed by atoms with van der Waals surface area (Å²) in [5.74, 6) is 0.665. The number of hydrogen-bond acceptors (Lipinski definition) is 5. The minimum atomic E-state index is -0.877. The number of nitrogens with one attached hydrogen (secondary N) is 1. The number of piperidine rings is 1. The number of carboxylic acids is 1. The van der Waals surface area contributed by atoms with Crippen LogP contribution in [0.3, 0.4) is 0 Å². The lowest BCUT2D eigenvalue weighted by Crippen LogP contribution is -2.45. The highest BCUT2D eigenvalue weighted by molar-refractivity contribution is 5.97. The number of carbonyl (C=O) groups is 2. The average molecular weight is 447 g/mol. The van der Waals surface area contributed by atoms with Crippen LogP contribution >= 0.6 is 0 Å². The summed E-state index contributed by atoms with van der Waals surface area (Å²) in [7, 11) is 0. The molecule has 7 heteroatoms. The molecule has 1 fully saturated rings. The van der Waals surface area contributed by atoms with E-state index in [1.807, 2.05) is 25.1 Å². The van der Waals surface area contributed by atoms with E-state index >= 15 is 0 Å². The van der Waals surface area contributed by atoms with Gasteiger partial charge in [0.25, 0.3) is 5.91 Å². The largest absolute Gasteiger partial charge is 0.494 e. The smallest absolute Gasteiger partial charge is 0.305 e. The minimum absolute atomic E-state index is 0.0363. The van der Waals surface area contributed by atoms with Crippen molar-refractivity contribution in [1.82, 2.24) is 10.2 Å². The predicted molar refractivity (Wildman–Crippen MR) is 123 cm³/mol. The molecule has 178 valence electrons. The number of carbonyl (C=O) groups excluding carboxylic acids is 1. The Morgan fingerprint density at radius 1 is 1.25 bits per heavy atom. The van der Waals surface area contributed by atoms with Gasteiger partial charge in [-0.1, -0.05) is 0 Å². The van der Waals surface area contributed by atoms with Crippen molar-refractivity contribution in [2.45, 2.75) is 64.3 Å². The Balaban J connectivity index is 1.53. The lowest BCUT2D eigenvalue weighted by molar-refractivity contribution is -0.138. The highest BCUT2D eigenvalue weighted by atomic mass is 16.5. The van der Waals surface area contributed by atoms with Gasteiger partial charge in [0.1, 0.15) is 5.75 Å². The quantitative estimate of drug-likeness (QED) is 0.451. The highest BCUT2D eigenvalue weighted by Gasteiger charge is 2.31. The molecule has 2 aliphatic rings. The fraction of sp³-hybridized carbons (Fsp3) is 0.680. The molecule has 0 aromatic heterocycles. The molecule has 7 nitrogen and oxygen atoms in total. The lowest BCUT2D eigenvalue weighted by atomic mass is 9.93. The van der Waals surface area contributed by atoms with Gasteiger partial charge in [-0.15, -0.1) is 0 Å². The van der Waals surface area contributed by atoms with Gasteiger partial charge in [0.05, 0.1) is 13.0 Å². The molecule has 2 heterocycles. The van der Waals surface area contributed by atoms with Crippen molar-refractivity contribution in [1.29, 1.82) is 0 Å². The van der Waals surface area contributed by atoms with Gasteiger partial charge in [-0.25, -0.2) is 0 Å². The maximum Gasteiger partial charge on any atom is 0.305 e. The highest BCUT2D eigenvalue weighted by Crippen LogP contribution is 2.27. The first kappa shape index (κ1) is 24.5. The molecule has 1 amide bonds. The van der Waals surface area contributed by atoms with E-state index in [4.69, 9.17) is 9.47 Å². The Morgan fingerprint density at radius 2 is 2.06 bits per heavy atom. The number of benzene rings is 1. The van der Waals surface area contributed by atoms with Gasteiger partial charge in [0.15, 0.2) is 0 Å². The normalized spacial score (nSPS) is 17.8. The van der Waals surface area contributed by atoms with Gasteiger partial charge in [0, 0.05) is 31.4 Å². The van der Waals surface area contributed by atoms with Gasteiger partial charge in [-0.3, -0.25) is 9.59 Å². The number of nitrogens with zero attached hydrogens (tertiary/aromatic N) is 1. The molecule has 2 aliphatic heterocycles. The Labute approximate surface area is 191 Å². The van der Waals surface area contributed by atoms with Crippen molar-refractivity contribution >= 4 is 11.9 Å². The van der Waals surface area contributed by atoms with Crippen LogP contribution in [0.2, 0.25) is 0 Å². The van der Waals surface area contributed by atoms with Crippen LogP contribution in [-0.4, -0.2) is 67.4 Å². The first-order valence-corrected chi connectivity index (χ1v) is 12.2. The number of carboxylic acid groups (broad SMARTS) is 1. The van der Waals surface area contributed by atoms with Crippen LogP contribution in [0.15, 0.2) is 18.2 Å². The van der Waals surface area contributed by atoms with Gasteiger partial charge in [0.2, 0.25) is 0 Å². The molecule has 1 aromatic carbocycles. The van der Waals surface area contributed by atoms with Crippen LogP contribution in [0.5, 0.6) is 5.75 Å². The molecule has 0 radical (unpaired) electrons. The zero-order valence-electron chi connectivity index (χ0n) is 19.3. The summed E-state index contributed by atoms with van der Waals surface area (Å²) in [5, 5.41) is 12.7. The first-order chi connectivity index (χ1) is 15.6. The second kappa shape index (κ2) is 12.8. The number of hydrogen-bond donors (Lipinski definition) is 2. The van der Waals surface area contributed by atoms with Crippen LogP contribution in [0, 0.1) is 5.92 Å². The van der Waals surface area contributed by atoms with E-state index in [9.17, 15) is 14.7 Å². The molecule has 0 aliphatic carbocycles. The van der Waals surface area contributed by atoms with Crippen LogP contribution in [0.4, 0.5) is 0 Å². The number of aliphatic carboxylic acids is 1. The maximum absolute atomic E-state index is 13.1. The summed E-state index contributed by atoms with van der Waals surface area (Å²) >= 11 is 0. The third-order valence-corrected chi connectivity index (χ3v) is 6.56. The van der Waals surface area contributed by atoms with Crippen molar-refractivity contribution in [3.8, 4) is 5.75 Å². The van der Waals surface area contributed by atoms with E-state index in [1.54, 1.807) is 4.90 Å². The molecule has 0 saturated carbocycles. The third-order valence-electron chi connectivity index (χ3n) is 6.56. The Bertz CT molecular complexity index is 748. The van der Waals surface area contributed by atoms with E-state index in [2.05, 4.69) is 5.32 Å². The molecule has 3 rings (SSSR count). The standard InChI is InChI=1S/C25H38N2O5/c1-2-31-15-4-6-21(18-24(28)29)27-14-11-20-17-22(7-8-23(20)25(27)30)32-16-3-5-19-9-12-26-13-10-19/h7-8,17,19,21,26H,2-6,9-16,18H2,1H3,(H,28,29). The molecule has 32 heavy (non-hydrogen) atoms. The summed E-state index contributed by atoms with van der Waals surface area (Å²) in [5.41, 5.74) is 1.66. The number of fused-ring (bicyclic) bond motifs is 1. The summed E-state index contributed by atoms with van der Waals surface area (Å²) in [6, 6.07) is 5.38. The Hall–Kier alpha value is -2.12. The van der Waals surface area contributed by atoms with E-state index in [1.165, 1.54) is 19.3 Å². The van der Waals surface area contributed by atoms with Gasteiger partial charge >= 0.3 is 5.97 Å². The third kappa shape index (κ3) is 7.20. The average Bonchev–Trinajstić information content (AvgIpc) is 2.79. The fourth-order valence-corrected chi connectivity index (χ4v) is 4.79. The van der Waals surface area contributed by atoms with Crippen LogP contribution in [0.25, 0.3) is 0 Å². The molecule has 1 aromatic rings. The molecule has 2 N–H and O–H groups in total. The number of rotatable bonds is 13. The minimum Gasteiger partial charge on any atom is -0.494 e. The number of amides is 1. The number of ether oxygens (including phenoxy) is 2. The van der Waals surface area contributed by atoms with Crippen LogP contribution in [-0.2, 0) is 16.0 Å². The lowest BCUT2D eigenvalue weighted by Gasteiger charge is -2.35. The predicted octanol–water partition coefficient (Wildman–Crippen LogP) is 3.50. The fourth-order valence-electron chi connectivity index (χ4n) is 4.79. The van der Waals surface area contributed by atoms with E-state index in [0.29, 0.717) is 38.3 Å². The molecule has 1 unspecified atom stereocenters. The molecular weight excluding hydrogens is 408 g/mol. The van der Waals surface area contributed by atoms with E-state index in [-0.39, 0.29) is 18.4 Å². The Morgan fingerprint density at radius 3 is 2.81 bits per heavy atom. The van der Waals surface area contributed by atoms with Crippen molar-refractivity contribution in [3.05, 3.63) is 29.3 Å². The zero-order valence-corrected chi connectivity index (χ0v) is 19.3. The molecule has 1 atom stereocenters.